The number of nitrogens with one attached hydrogen (secondary N) is 1. The molecule has 0 aliphatic heterocycles. The van der Waals surface area contributed by atoms with Crippen LogP contribution in [0.1, 0.15) is 50.8 Å². The summed E-state index contributed by atoms with van der Waals surface area (Å²) in [6.45, 7) is 2.32. The molecule has 0 amide bonds. The van der Waals surface area contributed by atoms with Crippen molar-refractivity contribution >= 4 is 0 Å². The predicted octanol–water partition coefficient (Wildman–Crippen LogP) is 2.90. The van der Waals surface area contributed by atoms with Crippen molar-refractivity contribution in [3.63, 3.8) is 0 Å². The van der Waals surface area contributed by atoms with E-state index in [9.17, 15) is 0 Å². The van der Waals surface area contributed by atoms with Gasteiger partial charge in [0.25, 0.3) is 0 Å². The molecule has 0 aromatic carbocycles. The second kappa shape index (κ2) is 5.67. The van der Waals surface area contributed by atoms with Crippen LogP contribution in [0.15, 0.2) is 12.5 Å². The van der Waals surface area contributed by atoms with Crippen LogP contribution >= 0.6 is 0 Å². The number of rotatable bonds is 4. The molecule has 1 saturated carbocycles. The Morgan fingerprint density at radius 2 is 2.35 bits per heavy atom. The molecule has 0 spiro atoms. The van der Waals surface area contributed by atoms with Gasteiger partial charge in [-0.3, -0.25) is 0 Å². The number of aryl methyl sites for hydroxylation is 1. The monoisotopic (exact) mass is 235 g/mol. The lowest BCUT2D eigenvalue weighted by Gasteiger charge is -2.34. The molecule has 1 aliphatic carbocycles. The minimum absolute atomic E-state index is 0.469. The maximum Gasteiger partial charge on any atom is 0.0946 e. The fourth-order valence-corrected chi connectivity index (χ4v) is 3.30. The fourth-order valence-electron chi connectivity index (χ4n) is 3.30. The van der Waals surface area contributed by atoms with E-state index < -0.39 is 0 Å². The molecule has 3 atom stereocenters. The highest BCUT2D eigenvalue weighted by molar-refractivity contribution is 5.07. The molecule has 17 heavy (non-hydrogen) atoms. The van der Waals surface area contributed by atoms with E-state index in [2.05, 4.69) is 35.9 Å². The van der Waals surface area contributed by atoms with Gasteiger partial charge in [-0.25, -0.2) is 4.98 Å². The highest BCUT2D eigenvalue weighted by Gasteiger charge is 2.29. The van der Waals surface area contributed by atoms with Gasteiger partial charge in [0.05, 0.1) is 18.1 Å². The quantitative estimate of drug-likeness (QED) is 0.869. The fraction of sp³-hybridized carbons (Fsp3) is 0.786. The number of aromatic nitrogens is 2. The van der Waals surface area contributed by atoms with E-state index in [0.29, 0.717) is 6.04 Å². The first-order valence-electron chi connectivity index (χ1n) is 6.89. The van der Waals surface area contributed by atoms with Crippen molar-refractivity contribution in [1.29, 1.82) is 0 Å². The SMILES string of the molecule is CCC1CCCC(C(NC)c2cncn2C)C1. The summed E-state index contributed by atoms with van der Waals surface area (Å²) in [6, 6.07) is 0.469. The van der Waals surface area contributed by atoms with E-state index >= 15 is 0 Å². The van der Waals surface area contributed by atoms with Crippen molar-refractivity contribution in [2.45, 2.75) is 45.1 Å². The molecule has 0 saturated heterocycles. The Hall–Kier alpha value is -0.830. The molecule has 1 heterocycles. The number of imidazole rings is 1. The van der Waals surface area contributed by atoms with Crippen LogP contribution in [-0.2, 0) is 7.05 Å². The Balaban J connectivity index is 2.10. The maximum atomic E-state index is 4.25. The summed E-state index contributed by atoms with van der Waals surface area (Å²) in [6.07, 6.45) is 10.8. The second-order valence-electron chi connectivity index (χ2n) is 5.40. The predicted molar refractivity (Wildman–Crippen MR) is 70.7 cm³/mol. The highest BCUT2D eigenvalue weighted by atomic mass is 15.1. The Bertz CT molecular complexity index is 345. The van der Waals surface area contributed by atoms with Crippen LogP contribution in [0.3, 0.4) is 0 Å². The zero-order valence-corrected chi connectivity index (χ0v) is 11.3. The third-order valence-corrected chi connectivity index (χ3v) is 4.36. The normalized spacial score (nSPS) is 27.0. The van der Waals surface area contributed by atoms with E-state index in [1.807, 2.05) is 12.5 Å². The lowest BCUT2D eigenvalue weighted by atomic mass is 9.76. The zero-order valence-electron chi connectivity index (χ0n) is 11.3. The van der Waals surface area contributed by atoms with Gasteiger partial charge >= 0.3 is 0 Å². The summed E-state index contributed by atoms with van der Waals surface area (Å²) in [7, 11) is 4.17. The first-order valence-corrected chi connectivity index (χ1v) is 6.89. The standard InChI is InChI=1S/C14H25N3/c1-4-11-6-5-7-12(8-11)14(15-2)13-9-16-10-17(13)3/h9-12,14-15H,4-8H2,1-3H3. The highest BCUT2D eigenvalue weighted by Crippen LogP contribution is 2.38. The summed E-state index contributed by atoms with van der Waals surface area (Å²) in [4.78, 5) is 4.25. The molecule has 1 fully saturated rings. The molecular formula is C14H25N3. The number of hydrogen-bond donors (Lipinski definition) is 1. The molecule has 2 rings (SSSR count). The summed E-state index contributed by atoms with van der Waals surface area (Å²) >= 11 is 0. The molecule has 3 heteroatoms. The van der Waals surface area contributed by atoms with Gasteiger partial charge in [-0.15, -0.1) is 0 Å². The third kappa shape index (κ3) is 2.71. The summed E-state index contributed by atoms with van der Waals surface area (Å²) in [5.74, 6) is 1.70. The molecule has 3 unspecified atom stereocenters. The van der Waals surface area contributed by atoms with E-state index in [0.717, 1.165) is 11.8 Å². The Labute approximate surface area is 105 Å². The zero-order chi connectivity index (χ0) is 12.3. The van der Waals surface area contributed by atoms with Crippen molar-refractivity contribution in [3.8, 4) is 0 Å². The Morgan fingerprint density at radius 3 is 2.94 bits per heavy atom. The molecule has 0 bridgehead atoms. The Morgan fingerprint density at radius 1 is 1.53 bits per heavy atom. The first kappa shape index (κ1) is 12.6. The molecule has 96 valence electrons. The molecule has 1 N–H and O–H groups in total. The smallest absolute Gasteiger partial charge is 0.0946 e. The number of hydrogen-bond acceptors (Lipinski definition) is 2. The van der Waals surface area contributed by atoms with Gasteiger partial charge in [-0.05, 0) is 31.7 Å². The lowest BCUT2D eigenvalue weighted by Crippen LogP contribution is -2.30. The van der Waals surface area contributed by atoms with E-state index in [1.165, 1.54) is 37.8 Å². The maximum absolute atomic E-state index is 4.25. The van der Waals surface area contributed by atoms with Crippen LogP contribution in [0.25, 0.3) is 0 Å². The average Bonchev–Trinajstić information content (AvgIpc) is 2.77. The van der Waals surface area contributed by atoms with Gasteiger partial charge in [0.2, 0.25) is 0 Å². The van der Waals surface area contributed by atoms with Gasteiger partial charge in [0, 0.05) is 13.2 Å². The molecule has 1 aromatic rings. The molecule has 0 radical (unpaired) electrons. The van der Waals surface area contributed by atoms with E-state index in [-0.39, 0.29) is 0 Å². The van der Waals surface area contributed by atoms with Crippen LogP contribution in [0.2, 0.25) is 0 Å². The molecule has 1 aromatic heterocycles. The summed E-state index contributed by atoms with van der Waals surface area (Å²) in [5.41, 5.74) is 1.33. The van der Waals surface area contributed by atoms with Crippen molar-refractivity contribution in [2.24, 2.45) is 18.9 Å². The van der Waals surface area contributed by atoms with E-state index in [1.54, 1.807) is 0 Å². The molecular weight excluding hydrogens is 210 g/mol. The van der Waals surface area contributed by atoms with Crippen LogP contribution in [0.5, 0.6) is 0 Å². The van der Waals surface area contributed by atoms with Gasteiger partial charge < -0.3 is 9.88 Å². The summed E-state index contributed by atoms with van der Waals surface area (Å²) < 4.78 is 2.15. The van der Waals surface area contributed by atoms with Gasteiger partial charge in [-0.1, -0.05) is 26.2 Å². The minimum Gasteiger partial charge on any atom is -0.336 e. The van der Waals surface area contributed by atoms with Crippen molar-refractivity contribution < 1.29 is 0 Å². The van der Waals surface area contributed by atoms with Crippen LogP contribution in [-0.4, -0.2) is 16.6 Å². The van der Waals surface area contributed by atoms with Crippen molar-refractivity contribution in [3.05, 3.63) is 18.2 Å². The van der Waals surface area contributed by atoms with Gasteiger partial charge in [0.1, 0.15) is 0 Å². The van der Waals surface area contributed by atoms with Crippen molar-refractivity contribution in [1.82, 2.24) is 14.9 Å². The largest absolute Gasteiger partial charge is 0.336 e. The van der Waals surface area contributed by atoms with Gasteiger partial charge in [0.15, 0.2) is 0 Å². The van der Waals surface area contributed by atoms with Crippen molar-refractivity contribution in [2.75, 3.05) is 7.05 Å². The van der Waals surface area contributed by atoms with Gasteiger partial charge in [-0.2, -0.15) is 0 Å². The lowest BCUT2D eigenvalue weighted by molar-refractivity contribution is 0.210. The first-order chi connectivity index (χ1) is 8.26. The molecule has 3 nitrogen and oxygen atoms in total. The Kier molecular flexibility index (Phi) is 4.21. The average molecular weight is 235 g/mol. The van der Waals surface area contributed by atoms with Crippen LogP contribution in [0.4, 0.5) is 0 Å². The second-order valence-corrected chi connectivity index (χ2v) is 5.40. The molecule has 1 aliphatic rings. The minimum atomic E-state index is 0.469. The topological polar surface area (TPSA) is 29.9 Å². The summed E-state index contributed by atoms with van der Waals surface area (Å²) in [5, 5.41) is 3.50. The van der Waals surface area contributed by atoms with Crippen LogP contribution < -0.4 is 5.32 Å². The van der Waals surface area contributed by atoms with E-state index in [4.69, 9.17) is 0 Å². The number of nitrogens with zero attached hydrogens (tertiary/aromatic N) is 2. The third-order valence-electron chi connectivity index (χ3n) is 4.36. The van der Waals surface area contributed by atoms with Crippen LogP contribution in [0, 0.1) is 11.8 Å².